The zero-order valence-corrected chi connectivity index (χ0v) is 15.3. The van der Waals surface area contributed by atoms with Gasteiger partial charge in [-0.15, -0.1) is 11.3 Å². The van der Waals surface area contributed by atoms with E-state index >= 15 is 0 Å². The number of carbonyl (C=O) groups excluding carboxylic acids is 2. The van der Waals surface area contributed by atoms with Crippen molar-refractivity contribution in [3.05, 3.63) is 34.5 Å². The van der Waals surface area contributed by atoms with E-state index in [-0.39, 0.29) is 18.1 Å². The zero-order valence-electron chi connectivity index (χ0n) is 14.5. The Morgan fingerprint density at radius 1 is 1.04 bits per heavy atom. The minimum atomic E-state index is -0.173. The minimum Gasteiger partial charge on any atom is -0.493 e. The van der Waals surface area contributed by atoms with Crippen molar-refractivity contribution in [2.24, 2.45) is 0 Å². The third-order valence-electron chi connectivity index (χ3n) is 3.55. The monoisotopic (exact) mass is 363 g/mol. The van der Waals surface area contributed by atoms with Gasteiger partial charge in [0, 0.05) is 30.7 Å². The summed E-state index contributed by atoms with van der Waals surface area (Å²) in [6.07, 6.45) is 1.10. The summed E-state index contributed by atoms with van der Waals surface area (Å²) in [5, 5.41) is 4.65. The predicted octanol–water partition coefficient (Wildman–Crippen LogP) is 3.77. The second kappa shape index (κ2) is 9.08. The number of rotatable bonds is 9. The highest BCUT2D eigenvalue weighted by molar-refractivity contribution is 7.12. The van der Waals surface area contributed by atoms with Crippen molar-refractivity contribution in [3.63, 3.8) is 0 Å². The molecule has 1 heterocycles. The summed E-state index contributed by atoms with van der Waals surface area (Å²) < 4.78 is 15.8. The number of ether oxygens (including phenoxy) is 3. The van der Waals surface area contributed by atoms with E-state index in [0.717, 1.165) is 4.88 Å². The van der Waals surface area contributed by atoms with Crippen LogP contribution in [0.3, 0.4) is 0 Å². The third kappa shape index (κ3) is 4.96. The summed E-state index contributed by atoms with van der Waals surface area (Å²) in [4.78, 5) is 24.7. The molecule has 1 N–H and O–H groups in total. The van der Waals surface area contributed by atoms with Crippen LogP contribution in [0.2, 0.25) is 0 Å². The Balaban J connectivity index is 1.92. The lowest BCUT2D eigenvalue weighted by Gasteiger charge is -2.14. The molecule has 6 nitrogen and oxygen atoms in total. The second-order valence-corrected chi connectivity index (χ2v) is 6.16. The molecule has 0 fully saturated rings. The lowest BCUT2D eigenvalue weighted by atomic mass is 10.1. The maximum Gasteiger partial charge on any atom is 0.224 e. The first-order valence-corrected chi connectivity index (χ1v) is 8.63. The Morgan fingerprint density at radius 2 is 1.72 bits per heavy atom. The molecule has 0 radical (unpaired) electrons. The number of amides is 1. The quantitative estimate of drug-likeness (QED) is 0.687. The Bertz CT molecular complexity index is 702. The molecule has 7 heteroatoms. The number of thiophene rings is 1. The molecule has 1 amide bonds. The summed E-state index contributed by atoms with van der Waals surface area (Å²) in [6.45, 7) is 0. The standard InChI is InChI=1S/C18H21NO5S/c1-22-14-10-12(11-15(23-2)18(14)24-3)19-17(21)8-4-6-13(20)16-7-5-9-25-16/h5,7,9-11H,4,6,8H2,1-3H3,(H,19,21). The van der Waals surface area contributed by atoms with E-state index in [4.69, 9.17) is 14.2 Å². The van der Waals surface area contributed by atoms with Crippen LogP contribution in [-0.2, 0) is 4.79 Å². The Labute approximate surface area is 150 Å². The van der Waals surface area contributed by atoms with Crippen molar-refractivity contribution in [3.8, 4) is 17.2 Å². The molecule has 1 aromatic carbocycles. The summed E-state index contributed by atoms with van der Waals surface area (Å²) in [7, 11) is 4.54. The van der Waals surface area contributed by atoms with Gasteiger partial charge >= 0.3 is 0 Å². The number of Topliss-reactive ketones (excluding diaryl/α,β-unsaturated/α-hetero) is 1. The number of hydrogen-bond donors (Lipinski definition) is 1. The normalized spacial score (nSPS) is 10.2. The highest BCUT2D eigenvalue weighted by Gasteiger charge is 2.15. The van der Waals surface area contributed by atoms with Crippen molar-refractivity contribution in [2.75, 3.05) is 26.6 Å². The molecule has 1 aromatic heterocycles. The summed E-state index contributed by atoms with van der Waals surface area (Å²) in [6, 6.07) is 6.96. The number of ketones is 1. The predicted molar refractivity (Wildman–Crippen MR) is 97.2 cm³/mol. The van der Waals surface area contributed by atoms with Crippen LogP contribution >= 0.6 is 11.3 Å². The SMILES string of the molecule is COc1cc(NC(=O)CCCC(=O)c2cccs2)cc(OC)c1OC. The fraction of sp³-hybridized carbons (Fsp3) is 0.333. The number of hydrogen-bond acceptors (Lipinski definition) is 6. The summed E-state index contributed by atoms with van der Waals surface area (Å²) in [5.41, 5.74) is 0.545. The third-order valence-corrected chi connectivity index (χ3v) is 4.46. The first-order chi connectivity index (χ1) is 12.1. The van der Waals surface area contributed by atoms with E-state index in [9.17, 15) is 9.59 Å². The van der Waals surface area contributed by atoms with Gasteiger partial charge in [-0.05, 0) is 17.9 Å². The van der Waals surface area contributed by atoms with Crippen LogP contribution in [0.4, 0.5) is 5.69 Å². The molecule has 25 heavy (non-hydrogen) atoms. The Morgan fingerprint density at radius 3 is 2.24 bits per heavy atom. The molecule has 0 unspecified atom stereocenters. The van der Waals surface area contributed by atoms with E-state index in [0.29, 0.717) is 35.8 Å². The van der Waals surface area contributed by atoms with Gasteiger partial charge in [-0.2, -0.15) is 0 Å². The molecule has 0 spiro atoms. The van der Waals surface area contributed by atoms with Crippen LogP contribution in [0.5, 0.6) is 17.2 Å². The molecule has 2 rings (SSSR count). The van der Waals surface area contributed by atoms with Crippen LogP contribution in [0.15, 0.2) is 29.6 Å². The number of benzene rings is 1. The van der Waals surface area contributed by atoms with Crippen molar-refractivity contribution in [2.45, 2.75) is 19.3 Å². The highest BCUT2D eigenvalue weighted by atomic mass is 32.1. The van der Waals surface area contributed by atoms with E-state index in [1.54, 1.807) is 18.2 Å². The van der Waals surface area contributed by atoms with Gasteiger partial charge in [0.2, 0.25) is 11.7 Å². The molecular weight excluding hydrogens is 342 g/mol. The molecule has 0 saturated heterocycles. The second-order valence-electron chi connectivity index (χ2n) is 5.22. The molecule has 0 aliphatic rings. The van der Waals surface area contributed by atoms with Gasteiger partial charge < -0.3 is 19.5 Å². The lowest BCUT2D eigenvalue weighted by Crippen LogP contribution is -2.12. The Kier molecular flexibility index (Phi) is 6.82. The number of carbonyl (C=O) groups is 2. The van der Waals surface area contributed by atoms with Gasteiger partial charge in [-0.25, -0.2) is 0 Å². The largest absolute Gasteiger partial charge is 0.493 e. The Hall–Kier alpha value is -2.54. The minimum absolute atomic E-state index is 0.0654. The topological polar surface area (TPSA) is 73.9 Å². The van der Waals surface area contributed by atoms with Gasteiger partial charge in [-0.1, -0.05) is 6.07 Å². The van der Waals surface area contributed by atoms with Crippen molar-refractivity contribution >= 4 is 28.7 Å². The van der Waals surface area contributed by atoms with Gasteiger partial charge in [0.05, 0.1) is 26.2 Å². The highest BCUT2D eigenvalue weighted by Crippen LogP contribution is 2.39. The van der Waals surface area contributed by atoms with Gasteiger partial charge in [-0.3, -0.25) is 9.59 Å². The number of methoxy groups -OCH3 is 3. The van der Waals surface area contributed by atoms with Crippen molar-refractivity contribution in [1.29, 1.82) is 0 Å². The average molecular weight is 363 g/mol. The summed E-state index contributed by atoms with van der Waals surface area (Å²) in [5.74, 6) is 1.28. The van der Waals surface area contributed by atoms with Crippen molar-refractivity contribution < 1.29 is 23.8 Å². The molecule has 2 aromatic rings. The molecule has 0 bridgehead atoms. The smallest absolute Gasteiger partial charge is 0.224 e. The maximum atomic E-state index is 12.1. The fourth-order valence-electron chi connectivity index (χ4n) is 2.35. The zero-order chi connectivity index (χ0) is 18.2. The van der Waals surface area contributed by atoms with Crippen LogP contribution in [-0.4, -0.2) is 33.0 Å². The van der Waals surface area contributed by atoms with E-state index < -0.39 is 0 Å². The van der Waals surface area contributed by atoms with E-state index in [2.05, 4.69) is 5.32 Å². The molecule has 0 aliphatic carbocycles. The maximum absolute atomic E-state index is 12.1. The molecule has 0 aliphatic heterocycles. The van der Waals surface area contributed by atoms with Crippen LogP contribution < -0.4 is 19.5 Å². The van der Waals surface area contributed by atoms with Crippen LogP contribution in [0.25, 0.3) is 0 Å². The van der Waals surface area contributed by atoms with Gasteiger partial charge in [0.15, 0.2) is 17.3 Å². The van der Waals surface area contributed by atoms with Gasteiger partial charge in [0.25, 0.3) is 0 Å². The number of nitrogens with one attached hydrogen (secondary N) is 1. The average Bonchev–Trinajstić information content (AvgIpc) is 3.15. The fourth-order valence-corrected chi connectivity index (χ4v) is 3.04. The van der Waals surface area contributed by atoms with Crippen LogP contribution in [0.1, 0.15) is 28.9 Å². The van der Waals surface area contributed by atoms with E-state index in [1.165, 1.54) is 32.7 Å². The molecule has 0 saturated carbocycles. The van der Waals surface area contributed by atoms with Gasteiger partial charge in [0.1, 0.15) is 0 Å². The first-order valence-electron chi connectivity index (χ1n) is 7.75. The number of anilines is 1. The van der Waals surface area contributed by atoms with Crippen LogP contribution in [0, 0.1) is 0 Å². The first kappa shape index (κ1) is 18.8. The molecular formula is C18H21NO5S. The molecule has 134 valence electrons. The molecule has 0 atom stereocenters. The van der Waals surface area contributed by atoms with Crippen molar-refractivity contribution in [1.82, 2.24) is 0 Å². The van der Waals surface area contributed by atoms with E-state index in [1.807, 2.05) is 11.4 Å². The summed E-state index contributed by atoms with van der Waals surface area (Å²) >= 11 is 1.41. The lowest BCUT2D eigenvalue weighted by molar-refractivity contribution is -0.116.